The lowest BCUT2D eigenvalue weighted by Gasteiger charge is -2.38. The van der Waals surface area contributed by atoms with E-state index in [1.165, 1.54) is 51.6 Å². The molecule has 3 heteroatoms. The highest BCUT2D eigenvalue weighted by Gasteiger charge is 2.29. The molecular formula is C13H27N3. The summed E-state index contributed by atoms with van der Waals surface area (Å²) in [5.74, 6) is 0. The molecule has 0 radical (unpaired) electrons. The molecular weight excluding hydrogens is 198 g/mol. The van der Waals surface area contributed by atoms with Crippen molar-refractivity contribution in [1.29, 1.82) is 0 Å². The summed E-state index contributed by atoms with van der Waals surface area (Å²) in [7, 11) is 4.52. The molecule has 1 aliphatic heterocycles. The van der Waals surface area contributed by atoms with Crippen LogP contribution in [0.3, 0.4) is 0 Å². The summed E-state index contributed by atoms with van der Waals surface area (Å²) in [4.78, 5) is 5.03. The summed E-state index contributed by atoms with van der Waals surface area (Å²) in [6.45, 7) is 2.48. The highest BCUT2D eigenvalue weighted by atomic mass is 15.2. The van der Waals surface area contributed by atoms with E-state index in [9.17, 15) is 0 Å². The van der Waals surface area contributed by atoms with Crippen molar-refractivity contribution in [2.24, 2.45) is 5.73 Å². The third-order valence-corrected chi connectivity index (χ3v) is 4.52. The average molecular weight is 225 g/mol. The second-order valence-electron chi connectivity index (χ2n) is 5.73. The van der Waals surface area contributed by atoms with Gasteiger partial charge in [-0.3, -0.25) is 0 Å². The van der Waals surface area contributed by atoms with Gasteiger partial charge in [-0.1, -0.05) is 12.8 Å². The number of nitrogens with zero attached hydrogens (tertiary/aromatic N) is 2. The summed E-state index contributed by atoms with van der Waals surface area (Å²) in [5.41, 5.74) is 6.23. The molecule has 3 atom stereocenters. The van der Waals surface area contributed by atoms with Gasteiger partial charge < -0.3 is 15.5 Å². The van der Waals surface area contributed by atoms with Crippen LogP contribution in [0.4, 0.5) is 0 Å². The minimum absolute atomic E-state index is 0.408. The third-order valence-electron chi connectivity index (χ3n) is 4.52. The van der Waals surface area contributed by atoms with Gasteiger partial charge >= 0.3 is 0 Å². The van der Waals surface area contributed by atoms with Crippen LogP contribution < -0.4 is 5.73 Å². The molecule has 2 fully saturated rings. The Hall–Kier alpha value is -0.120. The summed E-state index contributed by atoms with van der Waals surface area (Å²) >= 11 is 0. The van der Waals surface area contributed by atoms with Crippen molar-refractivity contribution in [2.45, 2.75) is 56.7 Å². The molecule has 0 aromatic rings. The molecule has 0 aromatic carbocycles. The van der Waals surface area contributed by atoms with E-state index >= 15 is 0 Å². The van der Waals surface area contributed by atoms with Crippen LogP contribution in [0.15, 0.2) is 0 Å². The second kappa shape index (κ2) is 5.48. The minimum atomic E-state index is 0.408. The van der Waals surface area contributed by atoms with Crippen molar-refractivity contribution in [1.82, 2.24) is 9.80 Å². The molecule has 1 saturated heterocycles. The van der Waals surface area contributed by atoms with Crippen LogP contribution in [0.25, 0.3) is 0 Å². The van der Waals surface area contributed by atoms with Crippen LogP contribution in [-0.4, -0.2) is 55.1 Å². The second-order valence-corrected chi connectivity index (χ2v) is 5.73. The van der Waals surface area contributed by atoms with Crippen LogP contribution in [0.2, 0.25) is 0 Å². The predicted molar refractivity (Wildman–Crippen MR) is 68.5 cm³/mol. The van der Waals surface area contributed by atoms with Crippen molar-refractivity contribution >= 4 is 0 Å². The number of nitrogens with two attached hydrogens (primary N) is 1. The first-order valence-corrected chi connectivity index (χ1v) is 6.84. The Kier molecular flexibility index (Phi) is 4.22. The van der Waals surface area contributed by atoms with Crippen LogP contribution >= 0.6 is 0 Å². The fourth-order valence-electron chi connectivity index (χ4n) is 3.36. The van der Waals surface area contributed by atoms with Gasteiger partial charge in [-0.2, -0.15) is 0 Å². The Morgan fingerprint density at radius 3 is 2.56 bits per heavy atom. The molecule has 94 valence electrons. The van der Waals surface area contributed by atoms with Crippen molar-refractivity contribution < 1.29 is 0 Å². The van der Waals surface area contributed by atoms with Crippen LogP contribution in [0.5, 0.6) is 0 Å². The van der Waals surface area contributed by atoms with Crippen molar-refractivity contribution in [3.05, 3.63) is 0 Å². The lowest BCUT2D eigenvalue weighted by atomic mass is 9.90. The molecule has 0 spiro atoms. The SMILES string of the molecule is CN1CCCC1CN(C)C1CCCCC1N. The predicted octanol–water partition coefficient (Wildman–Crippen LogP) is 1.28. The fourth-order valence-corrected chi connectivity index (χ4v) is 3.36. The molecule has 2 aliphatic rings. The zero-order valence-corrected chi connectivity index (χ0v) is 10.9. The van der Waals surface area contributed by atoms with Crippen LogP contribution in [0.1, 0.15) is 38.5 Å². The van der Waals surface area contributed by atoms with Gasteiger partial charge in [0.2, 0.25) is 0 Å². The largest absolute Gasteiger partial charge is 0.326 e. The molecule has 2 N–H and O–H groups in total. The smallest absolute Gasteiger partial charge is 0.0244 e. The Bertz CT molecular complexity index is 219. The Balaban J connectivity index is 1.84. The van der Waals surface area contributed by atoms with E-state index in [4.69, 9.17) is 5.73 Å². The van der Waals surface area contributed by atoms with Gasteiger partial charge in [-0.15, -0.1) is 0 Å². The normalized spacial score (nSPS) is 37.1. The van der Waals surface area contributed by atoms with Gasteiger partial charge in [0.15, 0.2) is 0 Å². The van der Waals surface area contributed by atoms with Gasteiger partial charge in [-0.05, 0) is 46.3 Å². The molecule has 2 rings (SSSR count). The number of hydrogen-bond donors (Lipinski definition) is 1. The molecule has 0 aromatic heterocycles. The first-order chi connectivity index (χ1) is 7.68. The van der Waals surface area contributed by atoms with Crippen molar-refractivity contribution in [3.63, 3.8) is 0 Å². The standard InChI is InChI=1S/C13H27N3/c1-15-9-5-6-11(15)10-16(2)13-8-4-3-7-12(13)14/h11-13H,3-10,14H2,1-2H3. The number of hydrogen-bond acceptors (Lipinski definition) is 3. The van der Waals surface area contributed by atoms with Gasteiger partial charge in [0.25, 0.3) is 0 Å². The van der Waals surface area contributed by atoms with Crippen molar-refractivity contribution in [2.75, 3.05) is 27.2 Å². The lowest BCUT2D eigenvalue weighted by molar-refractivity contribution is 0.133. The first kappa shape index (κ1) is 12.3. The molecule has 0 amide bonds. The maximum atomic E-state index is 6.23. The molecule has 0 bridgehead atoms. The molecule has 3 unspecified atom stereocenters. The van der Waals surface area contributed by atoms with E-state index in [0.29, 0.717) is 12.1 Å². The number of rotatable bonds is 3. The Labute approximate surface area is 100.0 Å². The highest BCUT2D eigenvalue weighted by molar-refractivity contribution is 4.87. The quantitative estimate of drug-likeness (QED) is 0.785. The molecule has 3 nitrogen and oxygen atoms in total. The fraction of sp³-hybridized carbons (Fsp3) is 1.00. The first-order valence-electron chi connectivity index (χ1n) is 6.84. The van der Waals surface area contributed by atoms with E-state index in [1.807, 2.05) is 0 Å². The van der Waals surface area contributed by atoms with Gasteiger partial charge in [0.1, 0.15) is 0 Å². The zero-order chi connectivity index (χ0) is 11.5. The average Bonchev–Trinajstić information content (AvgIpc) is 2.65. The summed E-state index contributed by atoms with van der Waals surface area (Å²) < 4.78 is 0. The maximum Gasteiger partial charge on any atom is 0.0244 e. The Morgan fingerprint density at radius 2 is 1.94 bits per heavy atom. The van der Waals surface area contributed by atoms with E-state index in [0.717, 1.165) is 6.04 Å². The van der Waals surface area contributed by atoms with E-state index in [1.54, 1.807) is 0 Å². The van der Waals surface area contributed by atoms with E-state index in [-0.39, 0.29) is 0 Å². The molecule has 1 heterocycles. The highest BCUT2D eigenvalue weighted by Crippen LogP contribution is 2.23. The number of likely N-dealkylation sites (tertiary alicyclic amines) is 1. The minimum Gasteiger partial charge on any atom is -0.326 e. The Morgan fingerprint density at radius 1 is 1.19 bits per heavy atom. The summed E-state index contributed by atoms with van der Waals surface area (Å²) in [5, 5.41) is 0. The summed E-state index contributed by atoms with van der Waals surface area (Å²) in [6.07, 6.45) is 7.94. The third kappa shape index (κ3) is 2.76. The summed E-state index contributed by atoms with van der Waals surface area (Å²) in [6, 6.07) is 1.80. The molecule has 1 saturated carbocycles. The monoisotopic (exact) mass is 225 g/mol. The van der Waals surface area contributed by atoms with E-state index < -0.39 is 0 Å². The van der Waals surface area contributed by atoms with Gasteiger partial charge in [-0.25, -0.2) is 0 Å². The van der Waals surface area contributed by atoms with Gasteiger partial charge in [0.05, 0.1) is 0 Å². The van der Waals surface area contributed by atoms with Crippen molar-refractivity contribution in [3.8, 4) is 0 Å². The maximum absolute atomic E-state index is 6.23. The van der Waals surface area contributed by atoms with Crippen LogP contribution in [-0.2, 0) is 0 Å². The van der Waals surface area contributed by atoms with Crippen LogP contribution in [0, 0.1) is 0 Å². The zero-order valence-electron chi connectivity index (χ0n) is 10.9. The number of likely N-dealkylation sites (N-methyl/N-ethyl adjacent to an activating group) is 2. The topological polar surface area (TPSA) is 32.5 Å². The van der Waals surface area contributed by atoms with Gasteiger partial charge in [0, 0.05) is 24.7 Å². The molecule has 1 aliphatic carbocycles. The lowest BCUT2D eigenvalue weighted by Crippen LogP contribution is -2.51. The molecule has 16 heavy (non-hydrogen) atoms. The van der Waals surface area contributed by atoms with E-state index in [2.05, 4.69) is 23.9 Å².